The van der Waals surface area contributed by atoms with Crippen molar-refractivity contribution in [1.82, 2.24) is 10.2 Å². The molecule has 4 nitrogen and oxygen atoms in total. The maximum atomic E-state index is 9.74. The van der Waals surface area contributed by atoms with Crippen molar-refractivity contribution < 1.29 is 9.84 Å². The minimum Gasteiger partial charge on any atom is -0.493 e. The Bertz CT molecular complexity index is 524. The summed E-state index contributed by atoms with van der Waals surface area (Å²) in [5.41, 5.74) is 1.21. The van der Waals surface area contributed by atoms with E-state index in [-0.39, 0.29) is 18.6 Å². The van der Waals surface area contributed by atoms with Gasteiger partial charge in [0, 0.05) is 30.1 Å². The molecular formula is C19H28N2O2. The Kier molecular flexibility index (Phi) is 4.56. The first kappa shape index (κ1) is 15.4. The zero-order valence-corrected chi connectivity index (χ0v) is 13.8. The molecule has 0 amide bonds. The van der Waals surface area contributed by atoms with Crippen molar-refractivity contribution in [2.75, 3.05) is 32.8 Å². The third-order valence-corrected chi connectivity index (χ3v) is 5.63. The second kappa shape index (κ2) is 6.80. The zero-order valence-electron chi connectivity index (χ0n) is 13.8. The van der Waals surface area contributed by atoms with Crippen molar-refractivity contribution in [2.45, 2.75) is 37.8 Å². The number of piperidine rings is 1. The van der Waals surface area contributed by atoms with Gasteiger partial charge < -0.3 is 20.1 Å². The molecule has 3 aliphatic rings. The largest absolute Gasteiger partial charge is 0.493 e. The van der Waals surface area contributed by atoms with Gasteiger partial charge in [0.1, 0.15) is 5.75 Å². The van der Waals surface area contributed by atoms with Crippen LogP contribution in [0.1, 0.15) is 37.3 Å². The van der Waals surface area contributed by atoms with Gasteiger partial charge in [0.25, 0.3) is 0 Å². The first-order valence-corrected chi connectivity index (χ1v) is 9.14. The molecule has 1 aliphatic carbocycles. The number of nitrogens with one attached hydrogen (secondary N) is 1. The van der Waals surface area contributed by atoms with E-state index >= 15 is 0 Å². The number of hydrogen-bond donors (Lipinski definition) is 2. The van der Waals surface area contributed by atoms with Crippen molar-refractivity contribution in [3.8, 4) is 5.75 Å². The van der Waals surface area contributed by atoms with E-state index < -0.39 is 0 Å². The molecule has 1 saturated carbocycles. The van der Waals surface area contributed by atoms with Crippen LogP contribution in [-0.2, 0) is 0 Å². The topological polar surface area (TPSA) is 44.7 Å². The summed E-state index contributed by atoms with van der Waals surface area (Å²) in [4.78, 5) is 2.64. The summed E-state index contributed by atoms with van der Waals surface area (Å²) in [5.74, 6) is 2.11. The second-order valence-electron chi connectivity index (χ2n) is 7.45. The van der Waals surface area contributed by atoms with Crippen LogP contribution in [0.2, 0.25) is 0 Å². The van der Waals surface area contributed by atoms with Crippen LogP contribution in [0, 0.1) is 11.8 Å². The number of aliphatic hydroxyl groups is 1. The molecule has 23 heavy (non-hydrogen) atoms. The average molecular weight is 316 g/mol. The van der Waals surface area contributed by atoms with Gasteiger partial charge in [-0.3, -0.25) is 0 Å². The van der Waals surface area contributed by atoms with E-state index in [4.69, 9.17) is 4.74 Å². The lowest BCUT2D eigenvalue weighted by Gasteiger charge is -2.39. The molecule has 0 radical (unpaired) electrons. The van der Waals surface area contributed by atoms with Gasteiger partial charge in [0.2, 0.25) is 0 Å². The Morgan fingerprint density at radius 3 is 2.65 bits per heavy atom. The molecule has 0 spiro atoms. The van der Waals surface area contributed by atoms with Gasteiger partial charge in [-0.2, -0.15) is 0 Å². The average Bonchev–Trinajstić information content (AvgIpc) is 3.41. The summed E-state index contributed by atoms with van der Waals surface area (Å²) in [6.45, 7) is 4.51. The summed E-state index contributed by atoms with van der Waals surface area (Å²) in [6.07, 6.45) is 5.30. The number of hydrogen-bond acceptors (Lipinski definition) is 4. The fraction of sp³-hybridized carbons (Fsp3) is 0.684. The lowest BCUT2D eigenvalue weighted by Crippen LogP contribution is -2.47. The number of nitrogens with zero attached hydrogens (tertiary/aromatic N) is 1. The Morgan fingerprint density at radius 1 is 1.13 bits per heavy atom. The summed E-state index contributed by atoms with van der Waals surface area (Å²) >= 11 is 0. The van der Waals surface area contributed by atoms with E-state index in [9.17, 15) is 5.11 Å². The number of ether oxygens (including phenoxy) is 1. The maximum absolute atomic E-state index is 9.74. The van der Waals surface area contributed by atoms with Crippen LogP contribution in [0.4, 0.5) is 0 Å². The van der Waals surface area contributed by atoms with E-state index in [0.29, 0.717) is 12.6 Å². The van der Waals surface area contributed by atoms with Crippen molar-refractivity contribution in [3.63, 3.8) is 0 Å². The van der Waals surface area contributed by atoms with Crippen LogP contribution in [0.25, 0.3) is 0 Å². The lowest BCUT2D eigenvalue weighted by atomic mass is 9.89. The number of aliphatic hydroxyl groups excluding tert-OH is 1. The van der Waals surface area contributed by atoms with E-state index in [0.717, 1.165) is 11.7 Å². The molecule has 2 fully saturated rings. The van der Waals surface area contributed by atoms with Crippen molar-refractivity contribution in [3.05, 3.63) is 29.8 Å². The highest BCUT2D eigenvalue weighted by Gasteiger charge is 2.33. The van der Waals surface area contributed by atoms with E-state index in [1.165, 1.54) is 50.9 Å². The molecule has 2 N–H and O–H groups in total. The first-order chi connectivity index (χ1) is 11.3. The normalized spacial score (nSPS) is 29.1. The fourth-order valence-corrected chi connectivity index (χ4v) is 4.00. The van der Waals surface area contributed by atoms with Gasteiger partial charge >= 0.3 is 0 Å². The highest BCUT2D eigenvalue weighted by Crippen LogP contribution is 2.36. The molecule has 1 saturated heterocycles. The molecule has 4 rings (SSSR count). The summed E-state index contributed by atoms with van der Waals surface area (Å²) in [5, 5.41) is 13.6. The monoisotopic (exact) mass is 316 g/mol. The molecule has 4 heteroatoms. The van der Waals surface area contributed by atoms with Gasteiger partial charge in [-0.15, -0.1) is 0 Å². The number of para-hydroxylation sites is 1. The molecule has 0 aromatic heterocycles. The van der Waals surface area contributed by atoms with Gasteiger partial charge in [-0.05, 0) is 50.8 Å². The molecule has 126 valence electrons. The predicted molar refractivity (Wildman–Crippen MR) is 90.6 cm³/mol. The van der Waals surface area contributed by atoms with Crippen molar-refractivity contribution in [1.29, 1.82) is 0 Å². The van der Waals surface area contributed by atoms with E-state index in [1.54, 1.807) is 0 Å². The maximum Gasteiger partial charge on any atom is 0.124 e. The highest BCUT2D eigenvalue weighted by molar-refractivity contribution is 5.38. The Balaban J connectivity index is 1.39. The quantitative estimate of drug-likeness (QED) is 0.874. The first-order valence-electron chi connectivity index (χ1n) is 9.14. The van der Waals surface area contributed by atoms with Crippen LogP contribution in [0.5, 0.6) is 5.75 Å². The van der Waals surface area contributed by atoms with Crippen LogP contribution in [-0.4, -0.2) is 48.9 Å². The van der Waals surface area contributed by atoms with Gasteiger partial charge in [-0.25, -0.2) is 0 Å². The second-order valence-corrected chi connectivity index (χ2v) is 7.45. The number of fused-ring (bicyclic) bond motifs is 1. The molecule has 2 heterocycles. The molecule has 1 aromatic rings. The number of likely N-dealkylation sites (tertiary alicyclic amines) is 1. The molecule has 0 bridgehead atoms. The van der Waals surface area contributed by atoms with Gasteiger partial charge in [-0.1, -0.05) is 18.2 Å². The summed E-state index contributed by atoms with van der Waals surface area (Å²) in [7, 11) is 0. The summed E-state index contributed by atoms with van der Waals surface area (Å²) < 4.78 is 5.81. The van der Waals surface area contributed by atoms with Crippen LogP contribution in [0.3, 0.4) is 0 Å². The molecule has 2 atom stereocenters. The summed E-state index contributed by atoms with van der Waals surface area (Å²) in [6, 6.07) is 9.02. The number of rotatable bonds is 5. The SMILES string of the molecule is OC[C@@H]1COc2ccccc2[C@@H]1NC1CCN(CC2CC2)CC1. The third-order valence-electron chi connectivity index (χ3n) is 5.63. The van der Waals surface area contributed by atoms with Crippen LogP contribution in [0.15, 0.2) is 24.3 Å². The third kappa shape index (κ3) is 3.54. The Hall–Kier alpha value is -1.10. The Morgan fingerprint density at radius 2 is 1.91 bits per heavy atom. The number of benzene rings is 1. The molecule has 0 unspecified atom stereocenters. The molecule has 2 aliphatic heterocycles. The minimum absolute atomic E-state index is 0.148. The predicted octanol–water partition coefficient (Wildman–Crippen LogP) is 2.19. The smallest absolute Gasteiger partial charge is 0.124 e. The van der Waals surface area contributed by atoms with Crippen LogP contribution >= 0.6 is 0 Å². The highest BCUT2D eigenvalue weighted by atomic mass is 16.5. The van der Waals surface area contributed by atoms with Crippen LogP contribution < -0.4 is 10.1 Å². The van der Waals surface area contributed by atoms with E-state index in [2.05, 4.69) is 22.3 Å². The minimum atomic E-state index is 0.148. The standard InChI is InChI=1S/C19H28N2O2/c22-12-15-13-23-18-4-2-1-3-17(18)19(15)20-16-7-9-21(10-8-16)11-14-5-6-14/h1-4,14-16,19-20,22H,5-13H2/t15-,19-/m1/s1. The van der Waals surface area contributed by atoms with Crippen molar-refractivity contribution >= 4 is 0 Å². The lowest BCUT2D eigenvalue weighted by molar-refractivity contribution is 0.0965. The molecular weight excluding hydrogens is 288 g/mol. The van der Waals surface area contributed by atoms with Gasteiger partial charge in [0.15, 0.2) is 0 Å². The van der Waals surface area contributed by atoms with Gasteiger partial charge in [0.05, 0.1) is 13.2 Å². The van der Waals surface area contributed by atoms with Crippen molar-refractivity contribution in [2.24, 2.45) is 11.8 Å². The molecule has 1 aromatic carbocycles. The fourth-order valence-electron chi connectivity index (χ4n) is 4.00. The zero-order chi connectivity index (χ0) is 15.6. The Labute approximate surface area is 138 Å². The van der Waals surface area contributed by atoms with E-state index in [1.807, 2.05) is 12.1 Å².